The number of hydrogen-bond donors (Lipinski definition) is 1. The number of hydrazone groups is 1. The quantitative estimate of drug-likeness (QED) is 0.517. The van der Waals surface area contributed by atoms with Gasteiger partial charge in [0.05, 0.1) is 15.7 Å². The van der Waals surface area contributed by atoms with Gasteiger partial charge in [-0.2, -0.15) is 5.10 Å². The maximum absolute atomic E-state index is 5.99. The molecule has 1 saturated carbocycles. The maximum Gasteiger partial charge on any atom is 0.0965 e. The number of anilines is 1. The van der Waals surface area contributed by atoms with Crippen LogP contribution in [0, 0.1) is 17.8 Å². The molecule has 2 aliphatic carbocycles. The molecule has 0 radical (unpaired) electrons. The standard InChI is InChI=1S/C13H13Cl2N3/c14-11-6-16-7-12(15)13(11)18-17-5-10-4-8-1-2-9(10)3-8/h1-2,5-10H,3-4H2,(H,16,18)/b17-5-/t8-,9+,10+/m1/s1. The van der Waals surface area contributed by atoms with Gasteiger partial charge in [0.2, 0.25) is 0 Å². The lowest BCUT2D eigenvalue weighted by Crippen LogP contribution is -2.09. The molecule has 18 heavy (non-hydrogen) atoms. The Morgan fingerprint density at radius 2 is 2.00 bits per heavy atom. The third-order valence-electron chi connectivity index (χ3n) is 3.63. The highest BCUT2D eigenvalue weighted by Gasteiger charge is 2.34. The molecule has 5 heteroatoms. The van der Waals surface area contributed by atoms with Crippen LogP contribution < -0.4 is 5.43 Å². The van der Waals surface area contributed by atoms with Crippen molar-refractivity contribution in [2.75, 3.05) is 5.43 Å². The van der Waals surface area contributed by atoms with Crippen molar-refractivity contribution in [2.24, 2.45) is 22.9 Å². The van der Waals surface area contributed by atoms with E-state index in [9.17, 15) is 0 Å². The summed E-state index contributed by atoms with van der Waals surface area (Å²) in [6.45, 7) is 0. The molecule has 1 N–H and O–H groups in total. The zero-order valence-corrected chi connectivity index (χ0v) is 11.2. The fourth-order valence-corrected chi connectivity index (χ4v) is 3.16. The number of nitrogens with zero attached hydrogens (tertiary/aromatic N) is 2. The number of halogens is 2. The molecular weight excluding hydrogens is 269 g/mol. The number of aromatic nitrogens is 1. The summed E-state index contributed by atoms with van der Waals surface area (Å²) in [5.41, 5.74) is 3.52. The Labute approximate surface area is 116 Å². The number of pyridine rings is 1. The van der Waals surface area contributed by atoms with Gasteiger partial charge in [0.1, 0.15) is 0 Å². The monoisotopic (exact) mass is 281 g/mol. The van der Waals surface area contributed by atoms with Gasteiger partial charge in [-0.1, -0.05) is 35.4 Å². The van der Waals surface area contributed by atoms with Crippen LogP contribution in [0.15, 0.2) is 29.6 Å². The molecule has 0 aliphatic heterocycles. The number of nitrogens with one attached hydrogen (secondary N) is 1. The molecule has 3 rings (SSSR count). The molecule has 1 aromatic rings. The summed E-state index contributed by atoms with van der Waals surface area (Å²) in [5, 5.41) is 5.22. The van der Waals surface area contributed by atoms with E-state index in [1.807, 2.05) is 6.21 Å². The largest absolute Gasteiger partial charge is 0.276 e. The Bertz CT molecular complexity index is 493. The van der Waals surface area contributed by atoms with Gasteiger partial charge in [-0.3, -0.25) is 10.4 Å². The molecule has 0 amide bonds. The highest BCUT2D eigenvalue weighted by molar-refractivity contribution is 6.38. The second kappa shape index (κ2) is 4.90. The maximum atomic E-state index is 5.99. The third-order valence-corrected chi connectivity index (χ3v) is 4.20. The molecule has 0 spiro atoms. The Hall–Kier alpha value is -1.06. The molecule has 94 valence electrons. The lowest BCUT2D eigenvalue weighted by molar-refractivity contribution is 0.594. The van der Waals surface area contributed by atoms with Gasteiger partial charge < -0.3 is 0 Å². The summed E-state index contributed by atoms with van der Waals surface area (Å²) >= 11 is 12.0. The summed E-state index contributed by atoms with van der Waals surface area (Å²) in [4.78, 5) is 3.90. The fraction of sp³-hybridized carbons (Fsp3) is 0.385. The first-order valence-corrected chi connectivity index (χ1v) is 6.76. The first-order chi connectivity index (χ1) is 8.74. The summed E-state index contributed by atoms with van der Waals surface area (Å²) in [5.74, 6) is 1.94. The summed E-state index contributed by atoms with van der Waals surface area (Å²) in [6.07, 6.45) is 12.2. The van der Waals surface area contributed by atoms with Gasteiger partial charge in [0.25, 0.3) is 0 Å². The van der Waals surface area contributed by atoms with E-state index in [0.29, 0.717) is 27.6 Å². The minimum atomic E-state index is 0.479. The second-order valence-corrected chi connectivity index (χ2v) is 5.63. The van der Waals surface area contributed by atoms with Gasteiger partial charge in [-0.25, -0.2) is 0 Å². The first kappa shape index (κ1) is 12.0. The molecule has 0 aromatic carbocycles. The van der Waals surface area contributed by atoms with Crippen LogP contribution in [0.2, 0.25) is 10.0 Å². The van der Waals surface area contributed by atoms with Crippen LogP contribution in [0.1, 0.15) is 12.8 Å². The van der Waals surface area contributed by atoms with E-state index in [2.05, 4.69) is 27.7 Å². The smallest absolute Gasteiger partial charge is 0.0965 e. The van der Waals surface area contributed by atoms with Crippen molar-refractivity contribution < 1.29 is 0 Å². The average Bonchev–Trinajstić information content (AvgIpc) is 2.95. The van der Waals surface area contributed by atoms with Crippen LogP contribution in [-0.2, 0) is 0 Å². The van der Waals surface area contributed by atoms with Crippen LogP contribution in [0.4, 0.5) is 5.69 Å². The number of fused-ring (bicyclic) bond motifs is 2. The lowest BCUT2D eigenvalue weighted by Gasteiger charge is -2.12. The Balaban J connectivity index is 1.66. The lowest BCUT2D eigenvalue weighted by atomic mass is 9.95. The van der Waals surface area contributed by atoms with E-state index in [1.165, 1.54) is 12.8 Å². The number of allylic oxidation sites excluding steroid dienone is 2. The van der Waals surface area contributed by atoms with Crippen molar-refractivity contribution in [2.45, 2.75) is 12.8 Å². The van der Waals surface area contributed by atoms with Gasteiger partial charge in [0.15, 0.2) is 0 Å². The van der Waals surface area contributed by atoms with Crippen molar-refractivity contribution in [1.29, 1.82) is 0 Å². The van der Waals surface area contributed by atoms with E-state index in [0.717, 1.165) is 5.92 Å². The minimum Gasteiger partial charge on any atom is -0.276 e. The minimum absolute atomic E-state index is 0.479. The predicted molar refractivity (Wildman–Crippen MR) is 75.2 cm³/mol. The summed E-state index contributed by atoms with van der Waals surface area (Å²) < 4.78 is 0. The van der Waals surface area contributed by atoms with E-state index < -0.39 is 0 Å². The van der Waals surface area contributed by atoms with Gasteiger partial charge >= 0.3 is 0 Å². The summed E-state index contributed by atoms with van der Waals surface area (Å²) in [7, 11) is 0. The molecule has 2 aliphatic rings. The van der Waals surface area contributed by atoms with E-state index in [1.54, 1.807) is 12.4 Å². The topological polar surface area (TPSA) is 37.3 Å². The van der Waals surface area contributed by atoms with Crippen molar-refractivity contribution in [1.82, 2.24) is 4.98 Å². The molecule has 2 bridgehead atoms. The highest BCUT2D eigenvalue weighted by Crippen LogP contribution is 2.42. The molecular formula is C13H13Cl2N3. The average molecular weight is 282 g/mol. The normalized spacial score (nSPS) is 29.3. The van der Waals surface area contributed by atoms with Crippen LogP contribution in [0.3, 0.4) is 0 Å². The second-order valence-electron chi connectivity index (χ2n) is 4.81. The fourth-order valence-electron chi connectivity index (χ4n) is 2.71. The van der Waals surface area contributed by atoms with E-state index in [-0.39, 0.29) is 0 Å². The number of hydrogen-bond acceptors (Lipinski definition) is 3. The molecule has 3 atom stereocenters. The zero-order chi connectivity index (χ0) is 12.5. The Morgan fingerprint density at radius 3 is 2.61 bits per heavy atom. The Morgan fingerprint density at radius 1 is 1.22 bits per heavy atom. The van der Waals surface area contributed by atoms with Crippen LogP contribution in [0.5, 0.6) is 0 Å². The van der Waals surface area contributed by atoms with Crippen molar-refractivity contribution >= 4 is 35.1 Å². The van der Waals surface area contributed by atoms with Gasteiger partial charge in [0, 0.05) is 24.5 Å². The van der Waals surface area contributed by atoms with E-state index >= 15 is 0 Å². The third kappa shape index (κ3) is 2.25. The zero-order valence-electron chi connectivity index (χ0n) is 9.68. The Kier molecular flexibility index (Phi) is 3.27. The molecule has 1 aromatic heterocycles. The molecule has 0 saturated heterocycles. The van der Waals surface area contributed by atoms with Crippen LogP contribution in [0.25, 0.3) is 0 Å². The first-order valence-electron chi connectivity index (χ1n) is 6.00. The molecule has 0 unspecified atom stereocenters. The summed E-state index contributed by atoms with van der Waals surface area (Å²) in [6, 6.07) is 0. The SMILES string of the molecule is Clc1cncc(Cl)c1N/N=C\[C@@H]1C[C@@H]2C=C[C@H]1C2. The number of rotatable bonds is 3. The highest BCUT2D eigenvalue weighted by atomic mass is 35.5. The van der Waals surface area contributed by atoms with Crippen molar-refractivity contribution in [3.05, 3.63) is 34.6 Å². The molecule has 1 fully saturated rings. The molecule has 1 heterocycles. The van der Waals surface area contributed by atoms with Crippen molar-refractivity contribution in [3.63, 3.8) is 0 Å². The predicted octanol–water partition coefficient (Wildman–Crippen LogP) is 4.00. The van der Waals surface area contributed by atoms with Gasteiger partial charge in [-0.05, 0) is 24.7 Å². The van der Waals surface area contributed by atoms with Gasteiger partial charge in [-0.15, -0.1) is 0 Å². The van der Waals surface area contributed by atoms with E-state index in [4.69, 9.17) is 23.2 Å². The molecule has 3 nitrogen and oxygen atoms in total. The van der Waals surface area contributed by atoms with Crippen LogP contribution in [-0.4, -0.2) is 11.2 Å². The van der Waals surface area contributed by atoms with Crippen molar-refractivity contribution in [3.8, 4) is 0 Å². The van der Waals surface area contributed by atoms with Crippen LogP contribution >= 0.6 is 23.2 Å².